The predicted octanol–water partition coefficient (Wildman–Crippen LogP) is 4.15. The maximum atomic E-state index is 12.7. The number of halogens is 1. The van der Waals surface area contributed by atoms with Crippen molar-refractivity contribution in [2.24, 2.45) is 0 Å². The van der Waals surface area contributed by atoms with E-state index in [2.05, 4.69) is 0 Å². The Bertz CT molecular complexity index is 925. The number of aromatic hydroxyl groups is 1. The number of rotatable bonds is 3. The number of hydrogen-bond acceptors (Lipinski definition) is 5. The lowest BCUT2D eigenvalue weighted by molar-refractivity contribution is -0.113. The van der Waals surface area contributed by atoms with E-state index in [0.29, 0.717) is 9.93 Å². The molecule has 8 heteroatoms. The minimum absolute atomic E-state index is 0.284. The summed E-state index contributed by atoms with van der Waals surface area (Å²) >= 11 is 12.2. The van der Waals surface area contributed by atoms with Crippen molar-refractivity contribution in [1.29, 1.82) is 0 Å². The molecule has 1 amide bonds. The molecule has 1 saturated heterocycles. The number of thiocarbonyl (C=S) groups is 1. The number of anilines is 1. The van der Waals surface area contributed by atoms with Crippen LogP contribution in [0, 0.1) is 0 Å². The lowest BCUT2D eigenvalue weighted by Gasteiger charge is -2.15. The molecule has 0 spiro atoms. The molecule has 2 aromatic carbocycles. The molecule has 0 aliphatic carbocycles. The fourth-order valence-corrected chi connectivity index (χ4v) is 3.66. The van der Waals surface area contributed by atoms with E-state index in [9.17, 15) is 14.7 Å². The molecule has 5 nitrogen and oxygen atoms in total. The largest absolute Gasteiger partial charge is 0.507 e. The Morgan fingerprint density at radius 1 is 1.20 bits per heavy atom. The Morgan fingerprint density at radius 3 is 2.52 bits per heavy atom. The summed E-state index contributed by atoms with van der Waals surface area (Å²) in [6, 6.07) is 10.9. The fraction of sp³-hybridized carbons (Fsp3) is 0. The minimum atomic E-state index is -1.29. The third-order valence-corrected chi connectivity index (χ3v) is 4.98. The van der Waals surface area contributed by atoms with E-state index in [1.54, 1.807) is 30.3 Å². The van der Waals surface area contributed by atoms with Crippen molar-refractivity contribution in [3.05, 3.63) is 63.5 Å². The molecule has 2 N–H and O–H groups in total. The number of carbonyl (C=O) groups is 2. The van der Waals surface area contributed by atoms with Crippen molar-refractivity contribution in [2.45, 2.75) is 0 Å². The van der Waals surface area contributed by atoms with Crippen molar-refractivity contribution < 1.29 is 19.8 Å². The first-order valence-corrected chi connectivity index (χ1v) is 8.57. The van der Waals surface area contributed by atoms with Gasteiger partial charge in [-0.05, 0) is 42.0 Å². The lowest BCUT2D eigenvalue weighted by Crippen LogP contribution is -2.27. The van der Waals surface area contributed by atoms with E-state index in [1.807, 2.05) is 0 Å². The number of benzene rings is 2. The van der Waals surface area contributed by atoms with Crippen LogP contribution in [-0.2, 0) is 4.79 Å². The van der Waals surface area contributed by atoms with Gasteiger partial charge in [0.25, 0.3) is 5.91 Å². The number of thioether (sulfide) groups is 1. The SMILES string of the molecule is O=C(O)c1cc(N2C(=O)C(=Cc3ccc(Cl)cc3)SC2=S)ccc1O. The van der Waals surface area contributed by atoms with Gasteiger partial charge in [0.1, 0.15) is 11.3 Å². The van der Waals surface area contributed by atoms with Crippen LogP contribution in [0.3, 0.4) is 0 Å². The zero-order valence-corrected chi connectivity index (χ0v) is 14.9. The molecule has 0 saturated carbocycles. The number of phenols is 1. The topological polar surface area (TPSA) is 77.8 Å². The summed E-state index contributed by atoms with van der Waals surface area (Å²) in [5.74, 6) is -2.02. The summed E-state index contributed by atoms with van der Waals surface area (Å²) in [6.07, 6.45) is 1.69. The van der Waals surface area contributed by atoms with E-state index in [1.165, 1.54) is 23.1 Å². The fourth-order valence-electron chi connectivity index (χ4n) is 2.24. The van der Waals surface area contributed by atoms with E-state index < -0.39 is 5.97 Å². The van der Waals surface area contributed by atoms with Gasteiger partial charge in [0, 0.05) is 5.02 Å². The van der Waals surface area contributed by atoms with Crippen LogP contribution in [0.5, 0.6) is 5.75 Å². The average molecular weight is 392 g/mol. The second kappa shape index (κ2) is 6.87. The number of carboxylic acids is 1. The molecule has 1 fully saturated rings. The first-order valence-electron chi connectivity index (χ1n) is 6.96. The number of amides is 1. The Hall–Kier alpha value is -2.35. The molecular formula is C17H10ClNO4S2. The summed E-state index contributed by atoms with van der Waals surface area (Å²) in [5.41, 5.74) is 0.785. The molecule has 0 atom stereocenters. The first kappa shape index (κ1) is 17.5. The van der Waals surface area contributed by atoms with Crippen LogP contribution < -0.4 is 4.90 Å². The van der Waals surface area contributed by atoms with Crippen LogP contribution in [-0.4, -0.2) is 26.4 Å². The van der Waals surface area contributed by atoms with Gasteiger partial charge >= 0.3 is 5.97 Å². The van der Waals surface area contributed by atoms with Crippen LogP contribution in [0.25, 0.3) is 6.08 Å². The van der Waals surface area contributed by atoms with Crippen LogP contribution in [0.1, 0.15) is 15.9 Å². The molecule has 1 aliphatic heterocycles. The highest BCUT2D eigenvalue weighted by atomic mass is 35.5. The monoisotopic (exact) mass is 391 g/mol. The number of carboxylic acid groups (broad SMARTS) is 1. The number of aromatic carboxylic acids is 1. The molecular weight excluding hydrogens is 382 g/mol. The van der Waals surface area contributed by atoms with Crippen LogP contribution >= 0.6 is 35.6 Å². The predicted molar refractivity (Wildman–Crippen MR) is 102 cm³/mol. The van der Waals surface area contributed by atoms with E-state index in [-0.39, 0.29) is 27.2 Å². The molecule has 0 radical (unpaired) electrons. The lowest BCUT2D eigenvalue weighted by atomic mass is 10.1. The van der Waals surface area contributed by atoms with Gasteiger partial charge < -0.3 is 10.2 Å². The summed E-state index contributed by atoms with van der Waals surface area (Å²) < 4.78 is 0.284. The normalized spacial score (nSPS) is 15.9. The zero-order valence-electron chi connectivity index (χ0n) is 12.5. The third-order valence-electron chi connectivity index (χ3n) is 3.43. The minimum Gasteiger partial charge on any atom is -0.507 e. The summed E-state index contributed by atoms with van der Waals surface area (Å²) in [4.78, 5) is 25.5. The molecule has 1 aliphatic rings. The van der Waals surface area contributed by atoms with Gasteiger partial charge in [0.05, 0.1) is 10.6 Å². The van der Waals surface area contributed by atoms with Gasteiger partial charge in [-0.3, -0.25) is 9.69 Å². The van der Waals surface area contributed by atoms with Gasteiger partial charge in [-0.2, -0.15) is 0 Å². The zero-order chi connectivity index (χ0) is 18.1. The van der Waals surface area contributed by atoms with Gasteiger partial charge in [-0.25, -0.2) is 4.79 Å². The van der Waals surface area contributed by atoms with Crippen molar-refractivity contribution in [3.63, 3.8) is 0 Å². The highest BCUT2D eigenvalue weighted by molar-refractivity contribution is 8.27. The molecule has 2 aromatic rings. The smallest absolute Gasteiger partial charge is 0.339 e. The van der Waals surface area contributed by atoms with Crippen LogP contribution in [0.15, 0.2) is 47.4 Å². The van der Waals surface area contributed by atoms with E-state index in [0.717, 1.165) is 17.3 Å². The van der Waals surface area contributed by atoms with E-state index in [4.69, 9.17) is 28.9 Å². The van der Waals surface area contributed by atoms with Gasteiger partial charge in [-0.15, -0.1) is 0 Å². The van der Waals surface area contributed by atoms with Crippen molar-refractivity contribution in [2.75, 3.05) is 4.90 Å². The maximum absolute atomic E-state index is 12.7. The molecule has 25 heavy (non-hydrogen) atoms. The van der Waals surface area contributed by atoms with Gasteiger partial charge in [0.2, 0.25) is 0 Å². The van der Waals surface area contributed by atoms with Gasteiger partial charge in [-0.1, -0.05) is 47.7 Å². The standard InChI is InChI=1S/C17H10ClNO4S2/c18-10-3-1-9(2-4-10)7-14-15(21)19(17(24)25-14)11-5-6-13(20)12(8-11)16(22)23/h1-8,20H,(H,22,23). The number of carbonyl (C=O) groups excluding carboxylic acids is 1. The van der Waals surface area contributed by atoms with Crippen molar-refractivity contribution in [1.82, 2.24) is 0 Å². The molecule has 1 heterocycles. The Labute approximate surface area is 157 Å². The Morgan fingerprint density at radius 2 is 1.88 bits per heavy atom. The van der Waals surface area contributed by atoms with Crippen molar-refractivity contribution in [3.8, 4) is 5.75 Å². The maximum Gasteiger partial charge on any atom is 0.339 e. The third kappa shape index (κ3) is 3.53. The number of nitrogens with zero attached hydrogens (tertiary/aromatic N) is 1. The van der Waals surface area contributed by atoms with Crippen LogP contribution in [0.2, 0.25) is 5.02 Å². The molecule has 3 rings (SSSR count). The van der Waals surface area contributed by atoms with Gasteiger partial charge in [0.15, 0.2) is 4.32 Å². The number of hydrogen-bond donors (Lipinski definition) is 2. The second-order valence-electron chi connectivity index (χ2n) is 5.08. The first-order chi connectivity index (χ1) is 11.9. The Kier molecular flexibility index (Phi) is 4.80. The quantitative estimate of drug-likeness (QED) is 0.604. The summed E-state index contributed by atoms with van der Waals surface area (Å²) in [5, 5.41) is 19.3. The molecule has 0 unspecified atom stereocenters. The highest BCUT2D eigenvalue weighted by Gasteiger charge is 2.33. The second-order valence-corrected chi connectivity index (χ2v) is 7.19. The molecule has 126 valence electrons. The molecule has 0 bridgehead atoms. The molecule has 0 aromatic heterocycles. The summed E-state index contributed by atoms with van der Waals surface area (Å²) in [7, 11) is 0. The van der Waals surface area contributed by atoms with Crippen LogP contribution in [0.4, 0.5) is 5.69 Å². The summed E-state index contributed by atoms with van der Waals surface area (Å²) in [6.45, 7) is 0. The van der Waals surface area contributed by atoms with E-state index >= 15 is 0 Å². The van der Waals surface area contributed by atoms with Crippen molar-refractivity contribution >= 4 is 63.5 Å². The highest BCUT2D eigenvalue weighted by Crippen LogP contribution is 2.37. The Balaban J connectivity index is 1.95. The average Bonchev–Trinajstić information content (AvgIpc) is 2.84.